The van der Waals surface area contributed by atoms with Gasteiger partial charge in [-0.3, -0.25) is 0 Å². The van der Waals surface area contributed by atoms with E-state index in [4.69, 9.17) is 4.74 Å². The predicted octanol–water partition coefficient (Wildman–Crippen LogP) is 2.43. The van der Waals surface area contributed by atoms with Crippen molar-refractivity contribution in [2.45, 2.75) is 26.8 Å². The summed E-state index contributed by atoms with van der Waals surface area (Å²) in [6.07, 6.45) is 5.17. The average molecular weight is 265 g/mol. The molecule has 2 aromatic heterocycles. The Kier molecular flexibility index (Phi) is 3.76. The van der Waals surface area contributed by atoms with Gasteiger partial charge in [0.05, 0.1) is 19.0 Å². The zero-order valence-electron chi connectivity index (χ0n) is 10.6. The highest BCUT2D eigenvalue weighted by Crippen LogP contribution is 2.22. The molecule has 0 radical (unpaired) electrons. The topological polar surface area (TPSA) is 57.0 Å². The number of thiazole rings is 1. The van der Waals surface area contributed by atoms with Crippen molar-refractivity contribution in [1.29, 1.82) is 0 Å². The second-order valence-corrected chi connectivity index (χ2v) is 5.18. The third kappa shape index (κ3) is 2.59. The monoisotopic (exact) mass is 265 g/mol. The average Bonchev–Trinajstić information content (AvgIpc) is 2.97. The first-order valence-electron chi connectivity index (χ1n) is 5.74. The van der Waals surface area contributed by atoms with Gasteiger partial charge in [-0.25, -0.2) is 14.8 Å². The summed E-state index contributed by atoms with van der Waals surface area (Å²) in [5, 5.41) is 1.00. The molecule has 5 nitrogen and oxygen atoms in total. The number of carbonyl (C=O) groups is 1. The van der Waals surface area contributed by atoms with Crippen LogP contribution in [0.2, 0.25) is 0 Å². The van der Waals surface area contributed by atoms with Gasteiger partial charge in [-0.05, 0) is 20.8 Å². The Hall–Kier alpha value is -1.69. The van der Waals surface area contributed by atoms with Crippen molar-refractivity contribution in [1.82, 2.24) is 14.5 Å². The maximum Gasteiger partial charge on any atom is 0.358 e. The van der Waals surface area contributed by atoms with Gasteiger partial charge in [0, 0.05) is 17.3 Å². The molecular formula is C12H15N3O2S. The lowest BCUT2D eigenvalue weighted by Crippen LogP contribution is -2.06. The van der Waals surface area contributed by atoms with Crippen LogP contribution < -0.4 is 0 Å². The molecule has 0 amide bonds. The first kappa shape index (κ1) is 12.8. The molecule has 1 unspecified atom stereocenters. The van der Waals surface area contributed by atoms with Crippen LogP contribution >= 0.6 is 11.3 Å². The van der Waals surface area contributed by atoms with Gasteiger partial charge >= 0.3 is 5.97 Å². The van der Waals surface area contributed by atoms with Gasteiger partial charge in [-0.15, -0.1) is 11.3 Å². The lowest BCUT2D eigenvalue weighted by molar-refractivity contribution is 0.0520. The Morgan fingerprint density at radius 1 is 1.56 bits per heavy atom. The van der Waals surface area contributed by atoms with Crippen LogP contribution in [0.5, 0.6) is 0 Å². The minimum Gasteiger partial charge on any atom is -0.461 e. The Morgan fingerprint density at radius 2 is 2.33 bits per heavy atom. The van der Waals surface area contributed by atoms with E-state index in [2.05, 4.69) is 9.97 Å². The number of aromatic nitrogens is 3. The molecule has 2 aromatic rings. The van der Waals surface area contributed by atoms with Crippen molar-refractivity contribution in [2.24, 2.45) is 0 Å². The van der Waals surface area contributed by atoms with E-state index in [-0.39, 0.29) is 6.04 Å². The van der Waals surface area contributed by atoms with E-state index in [1.165, 1.54) is 4.88 Å². The van der Waals surface area contributed by atoms with Gasteiger partial charge < -0.3 is 9.30 Å². The lowest BCUT2D eigenvalue weighted by atomic mass is 10.3. The maximum absolute atomic E-state index is 11.5. The summed E-state index contributed by atoms with van der Waals surface area (Å²) in [6.45, 7) is 6.17. The number of imidazole rings is 1. The van der Waals surface area contributed by atoms with E-state index < -0.39 is 5.97 Å². The van der Waals surface area contributed by atoms with E-state index in [1.54, 1.807) is 30.8 Å². The molecule has 0 fully saturated rings. The molecule has 0 aliphatic heterocycles. The molecule has 1 atom stereocenters. The van der Waals surface area contributed by atoms with E-state index in [0.717, 1.165) is 5.01 Å². The minimum atomic E-state index is -0.390. The summed E-state index contributed by atoms with van der Waals surface area (Å²) >= 11 is 1.64. The van der Waals surface area contributed by atoms with Gasteiger partial charge in [0.1, 0.15) is 5.01 Å². The van der Waals surface area contributed by atoms with Crippen LogP contribution in [0, 0.1) is 6.92 Å². The molecule has 0 aromatic carbocycles. The molecule has 6 heteroatoms. The zero-order valence-corrected chi connectivity index (χ0v) is 11.4. The molecule has 18 heavy (non-hydrogen) atoms. The minimum absolute atomic E-state index is 0.0689. The van der Waals surface area contributed by atoms with E-state index in [0.29, 0.717) is 12.3 Å². The molecule has 0 saturated heterocycles. The second kappa shape index (κ2) is 5.30. The highest BCUT2D eigenvalue weighted by atomic mass is 32.1. The van der Waals surface area contributed by atoms with Crippen molar-refractivity contribution in [3.05, 3.63) is 34.3 Å². The van der Waals surface area contributed by atoms with Crippen molar-refractivity contribution in [2.75, 3.05) is 6.61 Å². The van der Waals surface area contributed by atoms with Crippen molar-refractivity contribution < 1.29 is 9.53 Å². The maximum atomic E-state index is 11.5. The lowest BCUT2D eigenvalue weighted by Gasteiger charge is -2.08. The Balaban J connectivity index is 2.17. The smallest absolute Gasteiger partial charge is 0.358 e. The number of hydrogen-bond acceptors (Lipinski definition) is 5. The SMILES string of the molecule is CCOC(=O)c1cn(C(C)c2ncc(C)s2)cn1. The molecule has 96 valence electrons. The summed E-state index contributed by atoms with van der Waals surface area (Å²) in [5.74, 6) is -0.390. The van der Waals surface area contributed by atoms with Gasteiger partial charge in [-0.2, -0.15) is 0 Å². The Bertz CT molecular complexity index is 547. The normalized spacial score (nSPS) is 12.4. The number of esters is 1. The van der Waals surface area contributed by atoms with Gasteiger partial charge in [0.15, 0.2) is 5.69 Å². The molecule has 2 rings (SSSR count). The quantitative estimate of drug-likeness (QED) is 0.797. The molecular weight excluding hydrogens is 250 g/mol. The first-order valence-corrected chi connectivity index (χ1v) is 6.56. The molecule has 0 saturated carbocycles. The molecule has 0 aliphatic rings. The standard InChI is InChI=1S/C12H15N3O2S/c1-4-17-12(16)10-6-15(7-14-10)9(3)11-13-5-8(2)18-11/h5-7,9H,4H2,1-3H3. The van der Waals surface area contributed by atoms with Crippen LogP contribution in [0.25, 0.3) is 0 Å². The number of hydrogen-bond donors (Lipinski definition) is 0. The second-order valence-electron chi connectivity index (χ2n) is 3.91. The third-order valence-electron chi connectivity index (χ3n) is 2.53. The third-order valence-corrected chi connectivity index (χ3v) is 3.61. The van der Waals surface area contributed by atoms with E-state index >= 15 is 0 Å². The number of aryl methyl sites for hydroxylation is 1. The van der Waals surface area contributed by atoms with Crippen LogP contribution in [0.3, 0.4) is 0 Å². The molecule has 2 heterocycles. The Morgan fingerprint density at radius 3 is 2.94 bits per heavy atom. The van der Waals surface area contributed by atoms with Crippen LogP contribution in [0.4, 0.5) is 0 Å². The Labute approximate surface area is 109 Å². The fraction of sp³-hybridized carbons (Fsp3) is 0.417. The van der Waals surface area contributed by atoms with Crippen molar-refractivity contribution in [3.8, 4) is 0 Å². The van der Waals surface area contributed by atoms with Crippen LogP contribution in [-0.4, -0.2) is 27.1 Å². The highest BCUT2D eigenvalue weighted by molar-refractivity contribution is 7.11. The van der Waals surface area contributed by atoms with Gasteiger partial charge in [0.25, 0.3) is 0 Å². The number of ether oxygens (including phenoxy) is 1. The molecule has 0 aliphatic carbocycles. The molecule has 0 spiro atoms. The number of carbonyl (C=O) groups excluding carboxylic acids is 1. The van der Waals surface area contributed by atoms with Crippen molar-refractivity contribution >= 4 is 17.3 Å². The molecule has 0 N–H and O–H groups in total. The summed E-state index contributed by atoms with van der Waals surface area (Å²) in [6, 6.07) is 0.0689. The summed E-state index contributed by atoms with van der Waals surface area (Å²) < 4.78 is 6.77. The van der Waals surface area contributed by atoms with E-state index in [1.807, 2.05) is 24.6 Å². The summed E-state index contributed by atoms with van der Waals surface area (Å²) in [4.78, 5) is 21.1. The predicted molar refractivity (Wildman–Crippen MR) is 68.8 cm³/mol. The van der Waals surface area contributed by atoms with Crippen molar-refractivity contribution in [3.63, 3.8) is 0 Å². The van der Waals surface area contributed by atoms with Crippen LogP contribution in [0.1, 0.15) is 40.3 Å². The number of nitrogens with zero attached hydrogens (tertiary/aromatic N) is 3. The fourth-order valence-corrected chi connectivity index (χ4v) is 2.38. The van der Waals surface area contributed by atoms with Gasteiger partial charge in [0.2, 0.25) is 0 Å². The first-order chi connectivity index (χ1) is 8.61. The van der Waals surface area contributed by atoms with Crippen LogP contribution in [0.15, 0.2) is 18.7 Å². The molecule has 0 bridgehead atoms. The largest absolute Gasteiger partial charge is 0.461 e. The van der Waals surface area contributed by atoms with Gasteiger partial charge in [-0.1, -0.05) is 0 Å². The highest BCUT2D eigenvalue weighted by Gasteiger charge is 2.15. The fourth-order valence-electron chi connectivity index (χ4n) is 1.55. The zero-order chi connectivity index (χ0) is 13.1. The van der Waals surface area contributed by atoms with Crippen LogP contribution in [-0.2, 0) is 4.74 Å². The van der Waals surface area contributed by atoms with E-state index in [9.17, 15) is 4.79 Å². The summed E-state index contributed by atoms with van der Waals surface area (Å²) in [7, 11) is 0. The number of rotatable bonds is 4. The summed E-state index contributed by atoms with van der Waals surface area (Å²) in [5.41, 5.74) is 0.331.